The molecule has 1 heterocycles. The fourth-order valence-corrected chi connectivity index (χ4v) is 2.42. The Morgan fingerprint density at radius 1 is 1.22 bits per heavy atom. The quantitative estimate of drug-likeness (QED) is 0.819. The highest BCUT2D eigenvalue weighted by Crippen LogP contribution is 2.20. The van der Waals surface area contributed by atoms with E-state index in [1.54, 1.807) is 0 Å². The zero-order valence-electron chi connectivity index (χ0n) is 12.8. The predicted octanol–water partition coefficient (Wildman–Crippen LogP) is 1.17. The highest BCUT2D eigenvalue weighted by atomic mass is 16.2. The molecule has 1 N–H and O–H groups in total. The van der Waals surface area contributed by atoms with Crippen LogP contribution in [-0.2, 0) is 4.79 Å². The molecule has 4 heteroatoms. The lowest BCUT2D eigenvalue weighted by Gasteiger charge is -2.43. The first kappa shape index (κ1) is 15.4. The molecule has 18 heavy (non-hydrogen) atoms. The van der Waals surface area contributed by atoms with Crippen molar-refractivity contribution in [2.24, 2.45) is 5.92 Å². The Balaban J connectivity index is 2.73. The second-order valence-corrected chi connectivity index (χ2v) is 6.20. The molecular formula is C14H29N3O. The van der Waals surface area contributed by atoms with E-state index >= 15 is 0 Å². The number of nitrogens with zero attached hydrogens (tertiary/aromatic N) is 2. The molecule has 1 unspecified atom stereocenters. The van der Waals surface area contributed by atoms with Crippen LogP contribution in [0.5, 0.6) is 0 Å². The van der Waals surface area contributed by atoms with Gasteiger partial charge >= 0.3 is 0 Å². The number of likely N-dealkylation sites (N-methyl/N-ethyl adjacent to an activating group) is 1. The number of nitrogens with one attached hydrogen (secondary N) is 1. The average Bonchev–Trinajstić information content (AvgIpc) is 2.36. The molecule has 0 aliphatic carbocycles. The number of carbonyl (C=O) groups excluding carboxylic acids is 1. The van der Waals surface area contributed by atoms with Crippen LogP contribution in [0, 0.1) is 5.92 Å². The van der Waals surface area contributed by atoms with E-state index in [-0.39, 0.29) is 11.9 Å². The molecule has 4 nitrogen and oxygen atoms in total. The van der Waals surface area contributed by atoms with Crippen molar-refractivity contribution in [3.8, 4) is 0 Å². The highest BCUT2D eigenvalue weighted by Gasteiger charge is 2.38. The van der Waals surface area contributed by atoms with Crippen LogP contribution in [0.1, 0.15) is 34.6 Å². The number of piperazine rings is 1. The van der Waals surface area contributed by atoms with Crippen molar-refractivity contribution in [1.29, 1.82) is 0 Å². The maximum absolute atomic E-state index is 12.7. The Labute approximate surface area is 112 Å². The summed E-state index contributed by atoms with van der Waals surface area (Å²) in [5, 5.41) is 3.33. The van der Waals surface area contributed by atoms with Gasteiger partial charge in [0.1, 0.15) is 0 Å². The highest BCUT2D eigenvalue weighted by molar-refractivity contribution is 5.85. The Kier molecular flexibility index (Phi) is 5.17. The number of carbonyl (C=O) groups is 1. The molecule has 0 spiro atoms. The van der Waals surface area contributed by atoms with Gasteiger partial charge in [-0.05, 0) is 26.7 Å². The fourth-order valence-electron chi connectivity index (χ4n) is 2.42. The van der Waals surface area contributed by atoms with Gasteiger partial charge < -0.3 is 10.2 Å². The molecular weight excluding hydrogens is 226 g/mol. The van der Waals surface area contributed by atoms with Gasteiger partial charge in [-0.15, -0.1) is 0 Å². The SMILES string of the molecule is CC(C)C(C)N(C)C(=O)C(C)(C)N1CCNCC1. The molecule has 1 aliphatic rings. The summed E-state index contributed by atoms with van der Waals surface area (Å²) in [6.07, 6.45) is 0. The van der Waals surface area contributed by atoms with Gasteiger partial charge in [-0.3, -0.25) is 9.69 Å². The lowest BCUT2D eigenvalue weighted by atomic mass is 9.97. The summed E-state index contributed by atoms with van der Waals surface area (Å²) in [4.78, 5) is 16.9. The number of amides is 1. The largest absolute Gasteiger partial charge is 0.341 e. The average molecular weight is 255 g/mol. The first-order chi connectivity index (χ1) is 8.28. The van der Waals surface area contributed by atoms with Crippen LogP contribution >= 0.6 is 0 Å². The molecule has 0 aromatic rings. The van der Waals surface area contributed by atoms with Crippen molar-refractivity contribution in [1.82, 2.24) is 15.1 Å². The van der Waals surface area contributed by atoms with Gasteiger partial charge in [-0.25, -0.2) is 0 Å². The van der Waals surface area contributed by atoms with E-state index in [1.165, 1.54) is 0 Å². The second-order valence-electron chi connectivity index (χ2n) is 6.20. The van der Waals surface area contributed by atoms with E-state index in [9.17, 15) is 4.79 Å². The topological polar surface area (TPSA) is 35.6 Å². The molecule has 1 saturated heterocycles. The molecule has 1 fully saturated rings. The summed E-state index contributed by atoms with van der Waals surface area (Å²) < 4.78 is 0. The van der Waals surface area contributed by atoms with Crippen molar-refractivity contribution >= 4 is 5.91 Å². The second kappa shape index (κ2) is 6.02. The lowest BCUT2D eigenvalue weighted by Crippen LogP contribution is -2.61. The summed E-state index contributed by atoms with van der Waals surface area (Å²) in [5.41, 5.74) is -0.403. The molecule has 1 aliphatic heterocycles. The van der Waals surface area contributed by atoms with Gasteiger partial charge in [0, 0.05) is 39.3 Å². The molecule has 1 atom stereocenters. The van der Waals surface area contributed by atoms with Crippen LogP contribution in [0.3, 0.4) is 0 Å². The van der Waals surface area contributed by atoms with Gasteiger partial charge in [-0.2, -0.15) is 0 Å². The van der Waals surface area contributed by atoms with E-state index in [0.717, 1.165) is 26.2 Å². The van der Waals surface area contributed by atoms with Crippen molar-refractivity contribution in [3.63, 3.8) is 0 Å². The van der Waals surface area contributed by atoms with E-state index in [4.69, 9.17) is 0 Å². The number of rotatable bonds is 4. The summed E-state index contributed by atoms with van der Waals surface area (Å²) in [6, 6.07) is 0.277. The van der Waals surface area contributed by atoms with Gasteiger partial charge in [0.2, 0.25) is 5.91 Å². The summed E-state index contributed by atoms with van der Waals surface area (Å²) in [5.74, 6) is 0.711. The minimum atomic E-state index is -0.403. The zero-order valence-corrected chi connectivity index (χ0v) is 12.8. The Bertz CT molecular complexity index is 283. The minimum Gasteiger partial charge on any atom is -0.341 e. The molecule has 1 amide bonds. The summed E-state index contributed by atoms with van der Waals surface area (Å²) >= 11 is 0. The lowest BCUT2D eigenvalue weighted by molar-refractivity contribution is -0.144. The smallest absolute Gasteiger partial charge is 0.242 e. The van der Waals surface area contributed by atoms with E-state index < -0.39 is 5.54 Å². The summed E-state index contributed by atoms with van der Waals surface area (Å²) in [6.45, 7) is 14.4. The van der Waals surface area contributed by atoms with Crippen molar-refractivity contribution in [3.05, 3.63) is 0 Å². The van der Waals surface area contributed by atoms with Crippen LogP contribution in [0.25, 0.3) is 0 Å². The van der Waals surface area contributed by atoms with Crippen molar-refractivity contribution in [2.45, 2.75) is 46.2 Å². The molecule has 0 aromatic carbocycles. The first-order valence-corrected chi connectivity index (χ1v) is 7.01. The predicted molar refractivity (Wildman–Crippen MR) is 75.6 cm³/mol. The monoisotopic (exact) mass is 255 g/mol. The van der Waals surface area contributed by atoms with Crippen molar-refractivity contribution < 1.29 is 4.79 Å². The van der Waals surface area contributed by atoms with Crippen LogP contribution < -0.4 is 5.32 Å². The fraction of sp³-hybridized carbons (Fsp3) is 0.929. The van der Waals surface area contributed by atoms with E-state index in [0.29, 0.717) is 5.92 Å². The normalized spacial score (nSPS) is 19.9. The third kappa shape index (κ3) is 3.23. The Morgan fingerprint density at radius 3 is 2.17 bits per heavy atom. The van der Waals surface area contributed by atoms with E-state index in [1.807, 2.05) is 25.8 Å². The first-order valence-electron chi connectivity index (χ1n) is 7.01. The molecule has 0 aromatic heterocycles. The molecule has 0 radical (unpaired) electrons. The maximum atomic E-state index is 12.7. The van der Waals surface area contributed by atoms with E-state index in [2.05, 4.69) is 31.0 Å². The van der Waals surface area contributed by atoms with Gasteiger partial charge in [0.25, 0.3) is 0 Å². The molecule has 1 rings (SSSR count). The zero-order chi connectivity index (χ0) is 13.9. The van der Waals surface area contributed by atoms with Gasteiger partial charge in [0.05, 0.1) is 5.54 Å². The minimum absolute atomic E-state index is 0.227. The number of hydrogen-bond donors (Lipinski definition) is 1. The van der Waals surface area contributed by atoms with Gasteiger partial charge in [-0.1, -0.05) is 13.8 Å². The third-order valence-electron chi connectivity index (χ3n) is 4.33. The molecule has 0 saturated carbocycles. The van der Waals surface area contributed by atoms with Crippen LogP contribution in [0.2, 0.25) is 0 Å². The Morgan fingerprint density at radius 2 is 1.72 bits per heavy atom. The van der Waals surface area contributed by atoms with Crippen LogP contribution in [0.15, 0.2) is 0 Å². The number of hydrogen-bond acceptors (Lipinski definition) is 3. The maximum Gasteiger partial charge on any atom is 0.242 e. The van der Waals surface area contributed by atoms with Crippen LogP contribution in [0.4, 0.5) is 0 Å². The molecule has 0 bridgehead atoms. The standard InChI is InChI=1S/C14H29N3O/c1-11(2)12(3)16(6)13(18)14(4,5)17-9-7-15-8-10-17/h11-12,15H,7-10H2,1-6H3. The van der Waals surface area contributed by atoms with Crippen LogP contribution in [-0.4, -0.2) is 60.5 Å². The third-order valence-corrected chi connectivity index (χ3v) is 4.33. The summed E-state index contributed by atoms with van der Waals surface area (Å²) in [7, 11) is 1.93. The molecule has 106 valence electrons. The Hall–Kier alpha value is -0.610. The van der Waals surface area contributed by atoms with Crippen molar-refractivity contribution in [2.75, 3.05) is 33.2 Å². The van der Waals surface area contributed by atoms with Gasteiger partial charge in [0.15, 0.2) is 0 Å².